The molecule has 0 aromatic heterocycles. The van der Waals surface area contributed by atoms with Crippen molar-refractivity contribution in [2.45, 2.75) is 32.9 Å². The van der Waals surface area contributed by atoms with E-state index in [1.807, 2.05) is 13.8 Å². The van der Waals surface area contributed by atoms with E-state index in [0.717, 1.165) is 11.1 Å². The second-order valence-electron chi connectivity index (χ2n) is 4.61. The zero-order chi connectivity index (χ0) is 11.7. The van der Waals surface area contributed by atoms with Crippen LogP contribution in [0.2, 0.25) is 0 Å². The fraction of sp³-hybridized carbons (Fsp3) is 0.462. The maximum absolute atomic E-state index is 11.8. The highest BCUT2D eigenvalue weighted by atomic mass is 16.2. The van der Waals surface area contributed by atoms with E-state index in [2.05, 4.69) is 35.8 Å². The predicted octanol–water partition coefficient (Wildman–Crippen LogP) is 1.45. The van der Waals surface area contributed by atoms with E-state index in [1.165, 1.54) is 5.56 Å². The van der Waals surface area contributed by atoms with E-state index in [9.17, 15) is 4.79 Å². The molecule has 2 N–H and O–H groups in total. The molecule has 3 heteroatoms. The highest BCUT2D eigenvalue weighted by Gasteiger charge is 2.27. The molecule has 0 aliphatic carbocycles. The number of carbonyl (C=O) groups excluding carboxylic acids is 1. The number of amides is 1. The number of hydrogen-bond donors (Lipinski definition) is 2. The average Bonchev–Trinajstić information content (AvgIpc) is 2.25. The normalized spacial score (nSPS) is 25.3. The Bertz CT molecular complexity index is 414. The van der Waals surface area contributed by atoms with Gasteiger partial charge in [0.25, 0.3) is 0 Å². The van der Waals surface area contributed by atoms with Gasteiger partial charge in [-0.2, -0.15) is 0 Å². The standard InChI is InChI=1S/C13H18N2O/c1-8-4-5-9(2)11(6-8)12-13(16)14-7-10(3)15-12/h4-6,10,12,15H,7H2,1-3H3,(H,14,16). The van der Waals surface area contributed by atoms with Crippen LogP contribution >= 0.6 is 0 Å². The van der Waals surface area contributed by atoms with E-state index in [0.29, 0.717) is 12.6 Å². The van der Waals surface area contributed by atoms with Gasteiger partial charge in [0, 0.05) is 12.6 Å². The average molecular weight is 218 g/mol. The fourth-order valence-electron chi connectivity index (χ4n) is 2.08. The summed E-state index contributed by atoms with van der Waals surface area (Å²) >= 11 is 0. The lowest BCUT2D eigenvalue weighted by atomic mass is 9.96. The van der Waals surface area contributed by atoms with Crippen molar-refractivity contribution in [2.75, 3.05) is 6.54 Å². The molecule has 0 bridgehead atoms. The molecule has 1 fully saturated rings. The lowest BCUT2D eigenvalue weighted by molar-refractivity contribution is -0.125. The summed E-state index contributed by atoms with van der Waals surface area (Å²) in [5.74, 6) is 0.0757. The van der Waals surface area contributed by atoms with Gasteiger partial charge in [-0.05, 0) is 31.9 Å². The Balaban J connectivity index is 2.34. The third-order valence-electron chi connectivity index (χ3n) is 3.04. The molecular formula is C13H18N2O. The maximum atomic E-state index is 11.8. The van der Waals surface area contributed by atoms with Gasteiger partial charge in [0.05, 0.1) is 0 Å². The van der Waals surface area contributed by atoms with Crippen LogP contribution < -0.4 is 10.6 Å². The minimum absolute atomic E-state index is 0.0757. The third-order valence-corrected chi connectivity index (χ3v) is 3.04. The molecule has 1 heterocycles. The van der Waals surface area contributed by atoms with Gasteiger partial charge in [0.15, 0.2) is 0 Å². The van der Waals surface area contributed by atoms with Crippen molar-refractivity contribution in [3.63, 3.8) is 0 Å². The first-order valence-electron chi connectivity index (χ1n) is 5.69. The van der Waals surface area contributed by atoms with Crippen LogP contribution in [0, 0.1) is 13.8 Å². The Hall–Kier alpha value is -1.35. The number of benzene rings is 1. The summed E-state index contributed by atoms with van der Waals surface area (Å²) in [6.45, 7) is 6.88. The summed E-state index contributed by atoms with van der Waals surface area (Å²) in [7, 11) is 0. The van der Waals surface area contributed by atoms with Crippen LogP contribution in [0.15, 0.2) is 18.2 Å². The Morgan fingerprint density at radius 2 is 2.06 bits per heavy atom. The number of aryl methyl sites for hydroxylation is 2. The minimum Gasteiger partial charge on any atom is -0.353 e. The van der Waals surface area contributed by atoms with Gasteiger partial charge < -0.3 is 5.32 Å². The van der Waals surface area contributed by atoms with Crippen molar-refractivity contribution < 1.29 is 4.79 Å². The van der Waals surface area contributed by atoms with Crippen molar-refractivity contribution in [2.24, 2.45) is 0 Å². The molecule has 3 nitrogen and oxygen atoms in total. The number of carbonyl (C=O) groups is 1. The lowest BCUT2D eigenvalue weighted by Crippen LogP contribution is -2.52. The first-order valence-corrected chi connectivity index (χ1v) is 5.69. The summed E-state index contributed by atoms with van der Waals surface area (Å²) < 4.78 is 0. The van der Waals surface area contributed by atoms with E-state index in [1.54, 1.807) is 0 Å². The molecule has 0 spiro atoms. The summed E-state index contributed by atoms with van der Waals surface area (Å²) in [5, 5.41) is 6.26. The van der Waals surface area contributed by atoms with E-state index in [-0.39, 0.29) is 11.9 Å². The number of rotatable bonds is 1. The smallest absolute Gasteiger partial charge is 0.241 e. The Morgan fingerprint density at radius 3 is 2.81 bits per heavy atom. The second-order valence-corrected chi connectivity index (χ2v) is 4.61. The second kappa shape index (κ2) is 4.26. The molecule has 1 aromatic carbocycles. The first kappa shape index (κ1) is 11.1. The van der Waals surface area contributed by atoms with Crippen molar-refractivity contribution in [3.8, 4) is 0 Å². The number of hydrogen-bond acceptors (Lipinski definition) is 2. The van der Waals surface area contributed by atoms with Crippen molar-refractivity contribution in [3.05, 3.63) is 34.9 Å². The van der Waals surface area contributed by atoms with E-state index in [4.69, 9.17) is 0 Å². The van der Waals surface area contributed by atoms with Crippen LogP contribution in [-0.2, 0) is 4.79 Å². The molecule has 2 atom stereocenters. The molecule has 0 radical (unpaired) electrons. The fourth-order valence-corrected chi connectivity index (χ4v) is 2.08. The van der Waals surface area contributed by atoms with Gasteiger partial charge in [-0.3, -0.25) is 10.1 Å². The predicted molar refractivity (Wildman–Crippen MR) is 64.3 cm³/mol. The lowest BCUT2D eigenvalue weighted by Gasteiger charge is -2.30. The van der Waals surface area contributed by atoms with Gasteiger partial charge in [-0.15, -0.1) is 0 Å². The molecule has 1 aromatic rings. The molecule has 2 unspecified atom stereocenters. The Kier molecular flexibility index (Phi) is 2.97. The summed E-state index contributed by atoms with van der Waals surface area (Å²) in [5.41, 5.74) is 3.44. The van der Waals surface area contributed by atoms with Crippen LogP contribution in [0.4, 0.5) is 0 Å². The summed E-state index contributed by atoms with van der Waals surface area (Å²) in [6.07, 6.45) is 0. The van der Waals surface area contributed by atoms with Gasteiger partial charge in [-0.1, -0.05) is 23.8 Å². The van der Waals surface area contributed by atoms with Gasteiger partial charge in [-0.25, -0.2) is 0 Å². The Labute approximate surface area is 96.2 Å². The maximum Gasteiger partial charge on any atom is 0.241 e. The van der Waals surface area contributed by atoms with E-state index >= 15 is 0 Å². The van der Waals surface area contributed by atoms with Gasteiger partial charge in [0.2, 0.25) is 5.91 Å². The van der Waals surface area contributed by atoms with Crippen molar-refractivity contribution in [1.29, 1.82) is 0 Å². The van der Waals surface area contributed by atoms with Gasteiger partial charge >= 0.3 is 0 Å². The topological polar surface area (TPSA) is 41.1 Å². The number of piperazine rings is 1. The summed E-state index contributed by atoms with van der Waals surface area (Å²) in [4.78, 5) is 11.8. The largest absolute Gasteiger partial charge is 0.353 e. The highest BCUT2D eigenvalue weighted by Crippen LogP contribution is 2.21. The molecule has 1 aliphatic heterocycles. The van der Waals surface area contributed by atoms with E-state index < -0.39 is 0 Å². The van der Waals surface area contributed by atoms with Crippen molar-refractivity contribution in [1.82, 2.24) is 10.6 Å². The molecular weight excluding hydrogens is 200 g/mol. The number of nitrogens with one attached hydrogen (secondary N) is 2. The highest BCUT2D eigenvalue weighted by molar-refractivity contribution is 5.84. The van der Waals surface area contributed by atoms with Crippen LogP contribution in [-0.4, -0.2) is 18.5 Å². The van der Waals surface area contributed by atoms with Crippen LogP contribution in [0.3, 0.4) is 0 Å². The van der Waals surface area contributed by atoms with Crippen LogP contribution in [0.25, 0.3) is 0 Å². The molecule has 86 valence electrons. The molecule has 0 saturated carbocycles. The van der Waals surface area contributed by atoms with Crippen LogP contribution in [0.5, 0.6) is 0 Å². The van der Waals surface area contributed by atoms with Crippen LogP contribution in [0.1, 0.15) is 29.7 Å². The molecule has 1 saturated heterocycles. The third kappa shape index (κ3) is 2.09. The molecule has 2 rings (SSSR count). The Morgan fingerprint density at radius 1 is 1.31 bits per heavy atom. The minimum atomic E-state index is -0.205. The first-order chi connectivity index (χ1) is 7.58. The van der Waals surface area contributed by atoms with Crippen molar-refractivity contribution >= 4 is 5.91 Å². The quantitative estimate of drug-likeness (QED) is 0.749. The SMILES string of the molecule is Cc1ccc(C)c(C2NC(C)CNC2=O)c1. The monoisotopic (exact) mass is 218 g/mol. The summed E-state index contributed by atoms with van der Waals surface area (Å²) in [6, 6.07) is 6.35. The van der Waals surface area contributed by atoms with Gasteiger partial charge in [0.1, 0.15) is 6.04 Å². The molecule has 16 heavy (non-hydrogen) atoms. The molecule has 1 aliphatic rings. The zero-order valence-electron chi connectivity index (χ0n) is 10.0. The molecule has 1 amide bonds. The zero-order valence-corrected chi connectivity index (χ0v) is 10.0.